The maximum Gasteiger partial charge on any atom is 0.277 e. The second-order valence-corrected chi connectivity index (χ2v) is 6.04. The number of rotatable bonds is 6. The van der Waals surface area contributed by atoms with E-state index in [0.717, 1.165) is 11.1 Å². The second-order valence-electron chi connectivity index (χ2n) is 5.61. The Labute approximate surface area is 156 Å². The summed E-state index contributed by atoms with van der Waals surface area (Å²) in [7, 11) is 0. The quantitative estimate of drug-likeness (QED) is 0.517. The first-order valence-corrected chi connectivity index (χ1v) is 8.35. The largest absolute Gasteiger partial charge is 0.484 e. The summed E-state index contributed by atoms with van der Waals surface area (Å²) in [5.41, 5.74) is 4.37. The van der Waals surface area contributed by atoms with Crippen LogP contribution < -0.4 is 10.2 Å². The van der Waals surface area contributed by atoms with Gasteiger partial charge in [0.2, 0.25) is 0 Å². The van der Waals surface area contributed by atoms with Gasteiger partial charge in [0.15, 0.2) is 6.61 Å². The number of hydrogen-bond donors (Lipinski definition) is 1. The van der Waals surface area contributed by atoms with Crippen LogP contribution in [0.5, 0.6) is 5.75 Å². The number of nitrogens with one attached hydrogen (secondary N) is 1. The lowest BCUT2D eigenvalue weighted by Gasteiger charge is -2.05. The molecular formula is C20H17ClN2O3. The van der Waals surface area contributed by atoms with Gasteiger partial charge in [0.25, 0.3) is 5.91 Å². The summed E-state index contributed by atoms with van der Waals surface area (Å²) in [6.45, 7) is 1.84. The molecule has 1 amide bonds. The monoisotopic (exact) mass is 368 g/mol. The standard InChI is InChI=1S/C20H17ClN2O3/c1-14-3-2-4-17(11-14)25-13-20(24)23-22-12-18-9-10-19(26-18)15-5-7-16(21)8-6-15/h2-12H,13H2,1H3,(H,23,24)/b22-12+. The minimum Gasteiger partial charge on any atom is -0.484 e. The van der Waals surface area contributed by atoms with Crippen LogP contribution in [0, 0.1) is 6.92 Å². The molecule has 0 unspecified atom stereocenters. The van der Waals surface area contributed by atoms with E-state index in [0.29, 0.717) is 22.3 Å². The molecule has 2 aromatic carbocycles. The molecular weight excluding hydrogens is 352 g/mol. The van der Waals surface area contributed by atoms with Crippen molar-refractivity contribution >= 4 is 23.7 Å². The molecule has 0 fully saturated rings. The predicted molar refractivity (Wildman–Crippen MR) is 102 cm³/mol. The van der Waals surface area contributed by atoms with Gasteiger partial charge in [0.05, 0.1) is 6.21 Å². The summed E-state index contributed by atoms with van der Waals surface area (Å²) >= 11 is 5.87. The fourth-order valence-electron chi connectivity index (χ4n) is 2.25. The number of benzene rings is 2. The molecule has 0 aliphatic heterocycles. The zero-order valence-electron chi connectivity index (χ0n) is 14.1. The Kier molecular flexibility index (Phi) is 5.71. The fraction of sp³-hybridized carbons (Fsp3) is 0.100. The number of halogens is 1. The molecule has 0 aliphatic rings. The second kappa shape index (κ2) is 8.36. The zero-order valence-corrected chi connectivity index (χ0v) is 14.9. The van der Waals surface area contributed by atoms with E-state index in [9.17, 15) is 4.79 Å². The molecule has 0 atom stereocenters. The van der Waals surface area contributed by atoms with Gasteiger partial charge in [-0.05, 0) is 61.0 Å². The molecule has 0 saturated heterocycles. The van der Waals surface area contributed by atoms with Gasteiger partial charge < -0.3 is 9.15 Å². The molecule has 0 saturated carbocycles. The molecule has 5 nitrogen and oxygen atoms in total. The van der Waals surface area contributed by atoms with Crippen LogP contribution in [0.25, 0.3) is 11.3 Å². The lowest BCUT2D eigenvalue weighted by atomic mass is 10.2. The molecule has 1 aromatic heterocycles. The Morgan fingerprint density at radius 1 is 1.19 bits per heavy atom. The Bertz CT molecular complexity index is 917. The number of nitrogens with zero attached hydrogens (tertiary/aromatic N) is 1. The molecule has 0 bridgehead atoms. The maximum atomic E-state index is 11.8. The molecule has 26 heavy (non-hydrogen) atoms. The van der Waals surface area contributed by atoms with Gasteiger partial charge in [-0.3, -0.25) is 4.79 Å². The first kappa shape index (κ1) is 17.8. The van der Waals surface area contributed by atoms with Gasteiger partial charge >= 0.3 is 0 Å². The van der Waals surface area contributed by atoms with Crippen molar-refractivity contribution in [3.63, 3.8) is 0 Å². The van der Waals surface area contributed by atoms with Crippen molar-refractivity contribution in [2.24, 2.45) is 5.10 Å². The molecule has 132 valence electrons. The third-order valence-corrected chi connectivity index (χ3v) is 3.75. The van der Waals surface area contributed by atoms with Crippen LogP contribution >= 0.6 is 11.6 Å². The highest BCUT2D eigenvalue weighted by molar-refractivity contribution is 6.30. The zero-order chi connectivity index (χ0) is 18.4. The molecule has 0 aliphatic carbocycles. The summed E-state index contributed by atoms with van der Waals surface area (Å²) in [5, 5.41) is 4.54. The number of carbonyl (C=O) groups excluding carboxylic acids is 1. The minimum atomic E-state index is -0.354. The molecule has 3 aromatic rings. The number of ether oxygens (including phenoxy) is 1. The predicted octanol–water partition coefficient (Wildman–Crippen LogP) is 4.44. The van der Waals surface area contributed by atoms with Crippen LogP contribution in [-0.2, 0) is 4.79 Å². The summed E-state index contributed by atoms with van der Waals surface area (Å²) in [5.74, 6) is 1.50. The summed E-state index contributed by atoms with van der Waals surface area (Å²) in [6, 6.07) is 18.4. The van der Waals surface area contributed by atoms with E-state index in [1.54, 1.807) is 24.3 Å². The molecule has 1 N–H and O–H groups in total. The number of hydrazone groups is 1. The topological polar surface area (TPSA) is 63.8 Å². The number of hydrogen-bond acceptors (Lipinski definition) is 4. The highest BCUT2D eigenvalue weighted by Crippen LogP contribution is 2.23. The molecule has 1 heterocycles. The van der Waals surface area contributed by atoms with Crippen LogP contribution in [0.4, 0.5) is 0 Å². The van der Waals surface area contributed by atoms with Gasteiger partial charge in [-0.1, -0.05) is 23.7 Å². The van der Waals surface area contributed by atoms with Crippen molar-refractivity contribution in [3.05, 3.63) is 77.0 Å². The van der Waals surface area contributed by atoms with Gasteiger partial charge in [-0.25, -0.2) is 5.43 Å². The van der Waals surface area contributed by atoms with Gasteiger partial charge in [0.1, 0.15) is 17.3 Å². The Morgan fingerprint density at radius 3 is 2.77 bits per heavy atom. The first-order valence-electron chi connectivity index (χ1n) is 7.97. The SMILES string of the molecule is Cc1cccc(OCC(=O)N/N=C/c2ccc(-c3ccc(Cl)cc3)o2)c1. The average Bonchev–Trinajstić information content (AvgIpc) is 3.09. The van der Waals surface area contributed by atoms with Crippen LogP contribution in [0.1, 0.15) is 11.3 Å². The van der Waals surface area contributed by atoms with Crippen molar-refractivity contribution in [1.82, 2.24) is 5.43 Å². The van der Waals surface area contributed by atoms with E-state index in [1.807, 2.05) is 43.3 Å². The van der Waals surface area contributed by atoms with Crippen LogP contribution in [0.2, 0.25) is 5.02 Å². The van der Waals surface area contributed by atoms with Gasteiger partial charge in [-0.2, -0.15) is 5.10 Å². The lowest BCUT2D eigenvalue weighted by molar-refractivity contribution is -0.123. The van der Waals surface area contributed by atoms with Crippen molar-refractivity contribution < 1.29 is 13.9 Å². The van der Waals surface area contributed by atoms with E-state index in [2.05, 4.69) is 10.5 Å². The minimum absolute atomic E-state index is 0.116. The van der Waals surface area contributed by atoms with Crippen molar-refractivity contribution in [2.75, 3.05) is 6.61 Å². The normalized spacial score (nSPS) is 10.8. The number of aryl methyl sites for hydroxylation is 1. The first-order chi connectivity index (χ1) is 12.6. The lowest BCUT2D eigenvalue weighted by Crippen LogP contribution is -2.24. The molecule has 3 rings (SSSR count). The van der Waals surface area contributed by atoms with E-state index < -0.39 is 0 Å². The van der Waals surface area contributed by atoms with E-state index in [1.165, 1.54) is 6.21 Å². The van der Waals surface area contributed by atoms with Crippen LogP contribution in [0.3, 0.4) is 0 Å². The third-order valence-electron chi connectivity index (χ3n) is 3.50. The van der Waals surface area contributed by atoms with Crippen molar-refractivity contribution in [3.8, 4) is 17.1 Å². The average molecular weight is 369 g/mol. The number of carbonyl (C=O) groups is 1. The third kappa shape index (κ3) is 4.97. The number of furan rings is 1. The Hall–Kier alpha value is -3.05. The number of amides is 1. The van der Waals surface area contributed by atoms with Gasteiger partial charge in [-0.15, -0.1) is 0 Å². The highest BCUT2D eigenvalue weighted by atomic mass is 35.5. The van der Waals surface area contributed by atoms with E-state index in [4.69, 9.17) is 20.8 Å². The summed E-state index contributed by atoms with van der Waals surface area (Å²) in [4.78, 5) is 11.8. The van der Waals surface area contributed by atoms with E-state index >= 15 is 0 Å². The van der Waals surface area contributed by atoms with Crippen molar-refractivity contribution in [1.29, 1.82) is 0 Å². The Morgan fingerprint density at radius 2 is 2.00 bits per heavy atom. The smallest absolute Gasteiger partial charge is 0.277 e. The molecule has 6 heteroatoms. The summed E-state index contributed by atoms with van der Waals surface area (Å²) < 4.78 is 11.1. The van der Waals surface area contributed by atoms with Gasteiger partial charge in [0, 0.05) is 10.6 Å². The highest BCUT2D eigenvalue weighted by Gasteiger charge is 2.04. The Balaban J connectivity index is 1.50. The summed E-state index contributed by atoms with van der Waals surface area (Å²) in [6.07, 6.45) is 1.43. The van der Waals surface area contributed by atoms with Crippen LogP contribution in [0.15, 0.2) is 70.2 Å². The maximum absolute atomic E-state index is 11.8. The molecule has 0 radical (unpaired) electrons. The molecule has 0 spiro atoms. The van der Waals surface area contributed by atoms with Crippen molar-refractivity contribution in [2.45, 2.75) is 6.92 Å². The van der Waals surface area contributed by atoms with Crippen LogP contribution in [-0.4, -0.2) is 18.7 Å². The van der Waals surface area contributed by atoms with E-state index in [-0.39, 0.29) is 12.5 Å². The fourth-order valence-corrected chi connectivity index (χ4v) is 2.37.